The Kier molecular flexibility index (Phi) is 4.24. The number of benzene rings is 1. The molecule has 0 aliphatic carbocycles. The number of hydrogen-bond donors (Lipinski definition) is 2. The molecule has 0 radical (unpaired) electrons. The fraction of sp³-hybridized carbons (Fsp3) is 0.286. The van der Waals surface area contributed by atoms with Crippen LogP contribution in [-0.4, -0.2) is 32.3 Å². The first-order valence-corrected chi connectivity index (χ1v) is 6.27. The predicted molar refractivity (Wildman–Crippen MR) is 74.5 cm³/mol. The maximum Gasteiger partial charge on any atom is 0.326 e. The molecule has 0 unspecified atom stereocenters. The van der Waals surface area contributed by atoms with Crippen molar-refractivity contribution in [3.8, 4) is 0 Å². The molecule has 0 fully saturated rings. The van der Waals surface area contributed by atoms with Gasteiger partial charge in [-0.3, -0.25) is 0 Å². The number of hydrogen-bond acceptors (Lipinski definition) is 5. The Hall–Kier alpha value is -2.50. The molecule has 104 valence electrons. The molecule has 0 bridgehead atoms. The first-order valence-electron chi connectivity index (χ1n) is 6.27. The average Bonchev–Trinajstić information content (AvgIpc) is 2.43. The molecule has 0 aliphatic heterocycles. The normalized spacial score (nSPS) is 11.9. The van der Waals surface area contributed by atoms with E-state index in [9.17, 15) is 9.90 Å². The van der Waals surface area contributed by atoms with E-state index in [2.05, 4.69) is 20.5 Å². The van der Waals surface area contributed by atoms with E-state index in [1.807, 2.05) is 37.3 Å². The SMILES string of the molecule is Cc1nnc(N[C@@H](Cc2ccccc2)C(=O)O)nc1C. The van der Waals surface area contributed by atoms with Gasteiger partial charge in [-0.25, -0.2) is 9.78 Å². The van der Waals surface area contributed by atoms with Crippen LogP contribution in [0.5, 0.6) is 0 Å². The Morgan fingerprint density at radius 3 is 2.50 bits per heavy atom. The van der Waals surface area contributed by atoms with E-state index in [1.165, 1.54) is 0 Å². The molecule has 1 atom stereocenters. The van der Waals surface area contributed by atoms with Crippen LogP contribution in [0.3, 0.4) is 0 Å². The first kappa shape index (κ1) is 13.9. The van der Waals surface area contributed by atoms with Crippen LogP contribution in [0, 0.1) is 13.8 Å². The molecule has 0 saturated carbocycles. The summed E-state index contributed by atoms with van der Waals surface area (Å²) in [6, 6.07) is 8.63. The van der Waals surface area contributed by atoms with E-state index in [0.29, 0.717) is 6.42 Å². The van der Waals surface area contributed by atoms with Gasteiger partial charge in [-0.15, -0.1) is 5.10 Å². The molecule has 6 heteroatoms. The van der Waals surface area contributed by atoms with Crippen molar-refractivity contribution in [2.24, 2.45) is 0 Å². The van der Waals surface area contributed by atoms with Gasteiger partial charge in [0.15, 0.2) is 0 Å². The summed E-state index contributed by atoms with van der Waals surface area (Å²) in [5.41, 5.74) is 2.39. The van der Waals surface area contributed by atoms with Gasteiger partial charge >= 0.3 is 5.97 Å². The zero-order chi connectivity index (χ0) is 14.5. The maximum absolute atomic E-state index is 11.3. The van der Waals surface area contributed by atoms with E-state index >= 15 is 0 Å². The van der Waals surface area contributed by atoms with Crippen LogP contribution >= 0.6 is 0 Å². The Bertz CT molecular complexity index is 601. The highest BCUT2D eigenvalue weighted by molar-refractivity contribution is 5.76. The zero-order valence-electron chi connectivity index (χ0n) is 11.4. The summed E-state index contributed by atoms with van der Waals surface area (Å²) in [6.07, 6.45) is 0.354. The van der Waals surface area contributed by atoms with Crippen molar-refractivity contribution in [3.63, 3.8) is 0 Å². The maximum atomic E-state index is 11.3. The Labute approximate surface area is 116 Å². The van der Waals surface area contributed by atoms with Crippen LogP contribution in [-0.2, 0) is 11.2 Å². The van der Waals surface area contributed by atoms with Crippen molar-refractivity contribution in [2.75, 3.05) is 5.32 Å². The molecular formula is C14H16N4O2. The monoisotopic (exact) mass is 272 g/mol. The van der Waals surface area contributed by atoms with Gasteiger partial charge in [-0.1, -0.05) is 30.3 Å². The fourth-order valence-corrected chi connectivity index (χ4v) is 1.72. The summed E-state index contributed by atoms with van der Waals surface area (Å²) in [7, 11) is 0. The van der Waals surface area contributed by atoms with Crippen LogP contribution in [0.25, 0.3) is 0 Å². The zero-order valence-corrected chi connectivity index (χ0v) is 11.4. The van der Waals surface area contributed by atoms with Gasteiger partial charge in [-0.2, -0.15) is 5.10 Å². The van der Waals surface area contributed by atoms with Gasteiger partial charge in [0.25, 0.3) is 0 Å². The molecular weight excluding hydrogens is 256 g/mol. The smallest absolute Gasteiger partial charge is 0.326 e. The highest BCUT2D eigenvalue weighted by Crippen LogP contribution is 2.09. The van der Waals surface area contributed by atoms with Gasteiger partial charge in [-0.05, 0) is 19.4 Å². The summed E-state index contributed by atoms with van der Waals surface area (Å²) in [4.78, 5) is 15.5. The van der Waals surface area contributed by atoms with Crippen molar-refractivity contribution in [2.45, 2.75) is 26.3 Å². The summed E-state index contributed by atoms with van der Waals surface area (Å²) in [5, 5.41) is 19.9. The van der Waals surface area contributed by atoms with Gasteiger partial charge < -0.3 is 10.4 Å². The lowest BCUT2D eigenvalue weighted by Gasteiger charge is -2.14. The minimum absolute atomic E-state index is 0.233. The van der Waals surface area contributed by atoms with Gasteiger partial charge in [0.2, 0.25) is 5.95 Å². The molecule has 20 heavy (non-hydrogen) atoms. The standard InChI is InChI=1S/C14H16N4O2/c1-9-10(2)17-18-14(15-9)16-12(13(19)20)8-11-6-4-3-5-7-11/h3-7,12H,8H2,1-2H3,(H,19,20)(H,15,16,18)/t12-/m0/s1. The van der Waals surface area contributed by atoms with Crippen molar-refractivity contribution >= 4 is 11.9 Å². The van der Waals surface area contributed by atoms with E-state index in [4.69, 9.17) is 0 Å². The number of rotatable bonds is 5. The fourth-order valence-electron chi connectivity index (χ4n) is 1.72. The Morgan fingerprint density at radius 1 is 1.20 bits per heavy atom. The van der Waals surface area contributed by atoms with Crippen molar-refractivity contribution in [1.82, 2.24) is 15.2 Å². The molecule has 2 N–H and O–H groups in total. The second-order valence-corrected chi connectivity index (χ2v) is 4.53. The molecule has 1 aromatic heterocycles. The number of anilines is 1. The molecule has 0 spiro atoms. The molecule has 0 amide bonds. The molecule has 2 aromatic rings. The number of aliphatic carboxylic acids is 1. The minimum Gasteiger partial charge on any atom is -0.480 e. The van der Waals surface area contributed by atoms with Crippen molar-refractivity contribution in [3.05, 3.63) is 47.3 Å². The number of carbonyl (C=O) groups is 1. The second-order valence-electron chi connectivity index (χ2n) is 4.53. The van der Waals surface area contributed by atoms with E-state index in [-0.39, 0.29) is 5.95 Å². The third-order valence-corrected chi connectivity index (χ3v) is 2.98. The number of aryl methyl sites for hydroxylation is 2. The quantitative estimate of drug-likeness (QED) is 0.859. The van der Waals surface area contributed by atoms with Gasteiger partial charge in [0.05, 0.1) is 11.4 Å². The highest BCUT2D eigenvalue weighted by atomic mass is 16.4. The first-order chi connectivity index (χ1) is 9.56. The van der Waals surface area contributed by atoms with E-state index < -0.39 is 12.0 Å². The van der Waals surface area contributed by atoms with E-state index in [1.54, 1.807) is 6.92 Å². The number of carboxylic acids is 1. The summed E-state index contributed by atoms with van der Waals surface area (Å²) in [5.74, 6) is -0.716. The summed E-state index contributed by atoms with van der Waals surface area (Å²) >= 11 is 0. The third kappa shape index (κ3) is 3.50. The van der Waals surface area contributed by atoms with Crippen LogP contribution in [0.4, 0.5) is 5.95 Å². The lowest BCUT2D eigenvalue weighted by molar-refractivity contribution is -0.137. The van der Waals surface area contributed by atoms with E-state index in [0.717, 1.165) is 17.0 Å². The molecule has 0 saturated heterocycles. The summed E-state index contributed by atoms with van der Waals surface area (Å²) in [6.45, 7) is 3.61. The van der Waals surface area contributed by atoms with Crippen LogP contribution in [0.15, 0.2) is 30.3 Å². The highest BCUT2D eigenvalue weighted by Gasteiger charge is 2.19. The van der Waals surface area contributed by atoms with Gasteiger partial charge in [0.1, 0.15) is 6.04 Å². The molecule has 0 aliphatic rings. The molecule has 6 nitrogen and oxygen atoms in total. The average molecular weight is 272 g/mol. The van der Waals surface area contributed by atoms with Crippen LogP contribution in [0.1, 0.15) is 17.0 Å². The number of carboxylic acid groups (broad SMARTS) is 1. The van der Waals surface area contributed by atoms with Gasteiger partial charge in [0, 0.05) is 6.42 Å². The number of nitrogens with one attached hydrogen (secondary N) is 1. The van der Waals surface area contributed by atoms with Crippen LogP contribution < -0.4 is 5.32 Å². The lowest BCUT2D eigenvalue weighted by Crippen LogP contribution is -2.32. The summed E-state index contributed by atoms with van der Waals surface area (Å²) < 4.78 is 0. The number of nitrogens with zero attached hydrogens (tertiary/aromatic N) is 3. The van der Waals surface area contributed by atoms with Crippen molar-refractivity contribution in [1.29, 1.82) is 0 Å². The topological polar surface area (TPSA) is 88.0 Å². The minimum atomic E-state index is -0.948. The molecule has 1 aromatic carbocycles. The second kappa shape index (κ2) is 6.10. The lowest BCUT2D eigenvalue weighted by atomic mass is 10.1. The number of aromatic nitrogens is 3. The largest absolute Gasteiger partial charge is 0.480 e. The van der Waals surface area contributed by atoms with Crippen LogP contribution in [0.2, 0.25) is 0 Å². The predicted octanol–water partition coefficient (Wildman–Crippen LogP) is 1.60. The van der Waals surface area contributed by atoms with Crippen molar-refractivity contribution < 1.29 is 9.90 Å². The Morgan fingerprint density at radius 2 is 1.90 bits per heavy atom. The third-order valence-electron chi connectivity index (χ3n) is 2.98. The molecule has 1 heterocycles. The molecule has 2 rings (SSSR count). The Balaban J connectivity index is 2.13.